The lowest BCUT2D eigenvalue weighted by Gasteiger charge is -2.31. The molecular formula is C32H27F5N4O5. The Kier molecular flexibility index (Phi) is 7.58. The van der Waals surface area contributed by atoms with E-state index in [4.69, 9.17) is 15.2 Å². The zero-order valence-electron chi connectivity index (χ0n) is 24.3. The second kappa shape index (κ2) is 11.2. The van der Waals surface area contributed by atoms with Crippen molar-refractivity contribution in [1.82, 2.24) is 15.3 Å². The number of benzene rings is 2. The summed E-state index contributed by atoms with van der Waals surface area (Å²) < 4.78 is 83.8. The van der Waals surface area contributed by atoms with E-state index in [1.165, 1.54) is 24.3 Å². The van der Waals surface area contributed by atoms with Crippen molar-refractivity contribution < 1.29 is 46.1 Å². The van der Waals surface area contributed by atoms with Crippen LogP contribution in [0, 0.1) is 12.7 Å². The molecule has 0 radical (unpaired) electrons. The van der Waals surface area contributed by atoms with Crippen LogP contribution in [0.4, 0.5) is 22.0 Å². The SMILES string of the molecule is Cc1cnc2c(OC3CC3)cc(C(=O)NC[C@](O)(c3cc4c(c(-c5ccc(F)cc5)n3)OC[C@]4(CF)C(N)=O)C(F)(F)F)cc2c1. The summed E-state index contributed by atoms with van der Waals surface area (Å²) >= 11 is 0. The van der Waals surface area contributed by atoms with Gasteiger partial charge in [0.05, 0.1) is 18.3 Å². The Balaban J connectivity index is 1.42. The highest BCUT2D eigenvalue weighted by Crippen LogP contribution is 2.48. The van der Waals surface area contributed by atoms with Gasteiger partial charge in [-0.1, -0.05) is 0 Å². The fourth-order valence-electron chi connectivity index (χ4n) is 5.26. The van der Waals surface area contributed by atoms with E-state index >= 15 is 0 Å². The Labute approximate surface area is 258 Å². The topological polar surface area (TPSA) is 137 Å². The van der Waals surface area contributed by atoms with E-state index < -0.39 is 60.3 Å². The van der Waals surface area contributed by atoms with Crippen molar-refractivity contribution in [3.05, 3.63) is 82.9 Å². The first-order valence-corrected chi connectivity index (χ1v) is 14.2. The molecule has 0 spiro atoms. The average molecular weight is 643 g/mol. The van der Waals surface area contributed by atoms with Gasteiger partial charge in [0.2, 0.25) is 11.5 Å². The normalized spacial score (nSPS) is 18.8. The molecule has 6 rings (SSSR count). The number of hydrogen-bond donors (Lipinski definition) is 3. The molecule has 4 aromatic rings. The van der Waals surface area contributed by atoms with Gasteiger partial charge in [0, 0.05) is 28.3 Å². The minimum absolute atomic E-state index is 0.0486. The van der Waals surface area contributed by atoms with Gasteiger partial charge in [-0.15, -0.1) is 0 Å². The van der Waals surface area contributed by atoms with Gasteiger partial charge in [-0.3, -0.25) is 14.6 Å². The minimum Gasteiger partial charge on any atom is -0.489 e. The molecule has 240 valence electrons. The van der Waals surface area contributed by atoms with E-state index in [9.17, 15) is 36.6 Å². The number of nitrogens with two attached hydrogens (primary N) is 1. The maximum absolute atomic E-state index is 14.8. The Morgan fingerprint density at radius 1 is 1.15 bits per heavy atom. The number of pyridine rings is 2. The van der Waals surface area contributed by atoms with E-state index in [1.54, 1.807) is 19.2 Å². The number of primary amides is 1. The molecule has 0 saturated heterocycles. The molecule has 1 fully saturated rings. The molecule has 2 aromatic heterocycles. The molecule has 2 aliphatic rings. The largest absolute Gasteiger partial charge is 0.489 e. The number of ether oxygens (including phenoxy) is 2. The molecule has 9 nitrogen and oxygen atoms in total. The molecule has 14 heteroatoms. The number of fused-ring (bicyclic) bond motifs is 2. The smallest absolute Gasteiger partial charge is 0.424 e. The third kappa shape index (κ3) is 5.36. The van der Waals surface area contributed by atoms with Crippen LogP contribution in [0.25, 0.3) is 22.2 Å². The number of aryl methyl sites for hydroxylation is 1. The Bertz CT molecular complexity index is 1860. The van der Waals surface area contributed by atoms with Gasteiger partial charge >= 0.3 is 6.18 Å². The lowest BCUT2D eigenvalue weighted by Crippen LogP contribution is -2.52. The van der Waals surface area contributed by atoms with Crippen LogP contribution in [-0.2, 0) is 15.8 Å². The fraction of sp³-hybridized carbons (Fsp3) is 0.312. The third-order valence-electron chi connectivity index (χ3n) is 8.13. The lowest BCUT2D eigenvalue weighted by atomic mass is 9.81. The second-order valence-corrected chi connectivity index (χ2v) is 11.5. The van der Waals surface area contributed by atoms with E-state index in [0.717, 1.165) is 30.5 Å². The number of halogens is 5. The molecule has 2 atom stereocenters. The predicted molar refractivity (Wildman–Crippen MR) is 154 cm³/mol. The van der Waals surface area contributed by atoms with Gasteiger partial charge in [0.25, 0.3) is 5.91 Å². The highest BCUT2D eigenvalue weighted by atomic mass is 19.4. The molecule has 3 heterocycles. The summed E-state index contributed by atoms with van der Waals surface area (Å²) in [6.45, 7) is -1.71. The Morgan fingerprint density at radius 2 is 1.87 bits per heavy atom. The van der Waals surface area contributed by atoms with E-state index in [-0.39, 0.29) is 40.0 Å². The third-order valence-corrected chi connectivity index (χ3v) is 8.13. The van der Waals surface area contributed by atoms with Gasteiger partial charge < -0.3 is 25.6 Å². The van der Waals surface area contributed by atoms with Crippen molar-refractivity contribution in [3.8, 4) is 22.8 Å². The fourth-order valence-corrected chi connectivity index (χ4v) is 5.26. The number of nitrogens with zero attached hydrogens (tertiary/aromatic N) is 2. The number of aliphatic hydroxyl groups is 1. The van der Waals surface area contributed by atoms with Crippen molar-refractivity contribution in [3.63, 3.8) is 0 Å². The number of carbonyl (C=O) groups excluding carboxylic acids is 2. The Morgan fingerprint density at radius 3 is 2.50 bits per heavy atom. The van der Waals surface area contributed by atoms with Crippen LogP contribution in [0.1, 0.15) is 40.0 Å². The van der Waals surface area contributed by atoms with Gasteiger partial charge in [-0.25, -0.2) is 13.8 Å². The molecule has 0 unspecified atom stereocenters. The summed E-state index contributed by atoms with van der Waals surface area (Å²) in [5, 5.41) is 13.9. The summed E-state index contributed by atoms with van der Waals surface area (Å²) in [6.07, 6.45) is -2.28. The predicted octanol–water partition coefficient (Wildman–Crippen LogP) is 4.55. The molecule has 4 N–H and O–H groups in total. The maximum Gasteiger partial charge on any atom is 0.424 e. The zero-order valence-corrected chi connectivity index (χ0v) is 24.3. The van der Waals surface area contributed by atoms with Crippen molar-refractivity contribution >= 4 is 22.7 Å². The second-order valence-electron chi connectivity index (χ2n) is 11.5. The van der Waals surface area contributed by atoms with Gasteiger partial charge in [0.1, 0.15) is 47.2 Å². The highest BCUT2D eigenvalue weighted by Gasteiger charge is 2.58. The number of amides is 2. The number of rotatable bonds is 9. The number of hydrogen-bond acceptors (Lipinski definition) is 7. The highest BCUT2D eigenvalue weighted by molar-refractivity contribution is 6.00. The summed E-state index contributed by atoms with van der Waals surface area (Å²) in [5.41, 5.74) is -1.07. The van der Waals surface area contributed by atoms with Crippen LogP contribution in [0.2, 0.25) is 0 Å². The first kappa shape index (κ1) is 31.1. The van der Waals surface area contributed by atoms with Crippen molar-refractivity contribution in [1.29, 1.82) is 0 Å². The molecule has 46 heavy (non-hydrogen) atoms. The number of alkyl halides is 4. The van der Waals surface area contributed by atoms with Gasteiger partial charge in [-0.2, -0.15) is 13.2 Å². The summed E-state index contributed by atoms with van der Waals surface area (Å²) in [7, 11) is 0. The quantitative estimate of drug-likeness (QED) is 0.228. The number of aromatic nitrogens is 2. The van der Waals surface area contributed by atoms with Crippen LogP contribution in [0.5, 0.6) is 11.5 Å². The van der Waals surface area contributed by atoms with Gasteiger partial charge in [0.15, 0.2) is 0 Å². The standard InChI is InChI=1S/C32H27F5N4O5/c1-16-8-18-9-19(10-23(25(18)39-12-16)46-21-6-7-21)28(42)40-14-31(44,32(35,36)37)24-11-22-27(45-15-30(22,13-33)29(38)43)26(41-24)17-2-4-20(34)5-3-17/h2-5,8-12,21,44H,6-7,13-15H2,1H3,(H2,38,43)(H,40,42)/t30-,31-/m0/s1. The van der Waals surface area contributed by atoms with E-state index in [0.29, 0.717) is 17.0 Å². The number of carbonyl (C=O) groups is 2. The van der Waals surface area contributed by atoms with Crippen molar-refractivity contribution in [2.24, 2.45) is 5.73 Å². The molecule has 0 bridgehead atoms. The van der Waals surface area contributed by atoms with Crippen molar-refractivity contribution in [2.45, 2.75) is 43.1 Å². The van der Waals surface area contributed by atoms with Gasteiger partial charge in [-0.05, 0) is 73.9 Å². The summed E-state index contributed by atoms with van der Waals surface area (Å²) in [4.78, 5) is 34.2. The molecule has 1 saturated carbocycles. The molecule has 2 aromatic carbocycles. The zero-order chi connectivity index (χ0) is 33.0. The van der Waals surface area contributed by atoms with Crippen LogP contribution in [0.3, 0.4) is 0 Å². The molecule has 2 amide bonds. The Hall–Kier alpha value is -4.85. The lowest BCUT2D eigenvalue weighted by molar-refractivity contribution is -0.265. The van der Waals surface area contributed by atoms with Crippen molar-refractivity contribution in [2.75, 3.05) is 19.8 Å². The first-order valence-electron chi connectivity index (χ1n) is 14.2. The average Bonchev–Trinajstić information content (AvgIpc) is 3.75. The van der Waals surface area contributed by atoms with Crippen LogP contribution in [-0.4, -0.2) is 59.0 Å². The molecule has 1 aliphatic heterocycles. The number of nitrogens with one attached hydrogen (secondary N) is 1. The van der Waals surface area contributed by atoms with Crippen LogP contribution in [0.15, 0.2) is 54.7 Å². The first-order chi connectivity index (χ1) is 21.8. The van der Waals surface area contributed by atoms with E-state index in [1.807, 2.05) is 0 Å². The van der Waals surface area contributed by atoms with Crippen LogP contribution < -0.4 is 20.5 Å². The molecular weight excluding hydrogens is 615 g/mol. The monoisotopic (exact) mass is 642 g/mol. The summed E-state index contributed by atoms with van der Waals surface area (Å²) in [5.74, 6) is -2.80. The molecule has 1 aliphatic carbocycles. The minimum atomic E-state index is -5.45. The van der Waals surface area contributed by atoms with E-state index in [2.05, 4.69) is 15.3 Å². The van der Waals surface area contributed by atoms with Crippen LogP contribution >= 0.6 is 0 Å². The summed E-state index contributed by atoms with van der Waals surface area (Å²) in [6, 6.07) is 9.66. The maximum atomic E-state index is 14.8.